The van der Waals surface area contributed by atoms with Gasteiger partial charge < -0.3 is 72.9 Å². The van der Waals surface area contributed by atoms with Crippen molar-refractivity contribution >= 4 is 65.1 Å². The molecule has 2 saturated heterocycles. The number of ether oxygens (including phenoxy) is 4. The second kappa shape index (κ2) is 37.0. The molecule has 73 heavy (non-hydrogen) atoms. The van der Waals surface area contributed by atoms with Crippen molar-refractivity contribution in [1.82, 2.24) is 42.5 Å². The van der Waals surface area contributed by atoms with E-state index in [4.69, 9.17) is 30.4 Å². The number of urea groups is 1. The minimum absolute atomic E-state index is 0.0869. The lowest BCUT2D eigenvalue weighted by atomic mass is 9.79. The summed E-state index contributed by atoms with van der Waals surface area (Å²) >= 11 is 1.83. The first-order valence-electron chi connectivity index (χ1n) is 26.1. The highest BCUT2D eigenvalue weighted by Gasteiger charge is 2.60. The van der Waals surface area contributed by atoms with E-state index in [-0.39, 0.29) is 167 Å². The molecule has 0 aromatic rings. The van der Waals surface area contributed by atoms with Crippen molar-refractivity contribution in [1.29, 1.82) is 0 Å². The van der Waals surface area contributed by atoms with Gasteiger partial charge in [0.05, 0.1) is 50.7 Å². The minimum Gasteiger partial charge on any atom is -0.377 e. The van der Waals surface area contributed by atoms with Crippen LogP contribution in [0.4, 0.5) is 4.79 Å². The number of hydrogen-bond acceptors (Lipinski definition) is 14. The molecular formula is C49H88N10O13S. The van der Waals surface area contributed by atoms with Crippen LogP contribution >= 0.6 is 11.8 Å². The van der Waals surface area contributed by atoms with Crippen LogP contribution in [-0.2, 0) is 57.3 Å². The van der Waals surface area contributed by atoms with Crippen molar-refractivity contribution in [2.24, 2.45) is 23.3 Å². The topological polar surface area (TPSA) is 339 Å². The largest absolute Gasteiger partial charge is 0.377 e. The molecule has 0 unspecified atom stereocenters. The highest BCUT2D eigenvalue weighted by Crippen LogP contribution is 2.47. The van der Waals surface area contributed by atoms with Crippen molar-refractivity contribution < 1.29 is 62.1 Å². The molecule has 12 N–H and O–H groups in total. The summed E-state index contributed by atoms with van der Waals surface area (Å²) in [4.78, 5) is 109. The number of primary amides is 2. The Balaban J connectivity index is 1.48. The van der Waals surface area contributed by atoms with E-state index in [0.29, 0.717) is 71.0 Å². The van der Waals surface area contributed by atoms with E-state index in [1.54, 1.807) is 13.8 Å². The van der Waals surface area contributed by atoms with Gasteiger partial charge in [-0.15, -0.1) is 0 Å². The summed E-state index contributed by atoms with van der Waals surface area (Å²) in [7, 11) is 0. The molecule has 0 aromatic carbocycles. The van der Waals surface area contributed by atoms with Crippen molar-refractivity contribution in [2.75, 3.05) is 91.3 Å². The Morgan fingerprint density at radius 3 is 1.58 bits per heavy atom. The van der Waals surface area contributed by atoms with Crippen molar-refractivity contribution in [3.05, 3.63) is 0 Å². The number of amides is 10. The number of rotatable bonds is 44. The smallest absolute Gasteiger partial charge is 0.315 e. The van der Waals surface area contributed by atoms with Crippen LogP contribution in [0, 0.1) is 11.8 Å². The van der Waals surface area contributed by atoms with Gasteiger partial charge in [0, 0.05) is 74.8 Å². The van der Waals surface area contributed by atoms with Crippen LogP contribution in [0.15, 0.2) is 0 Å². The molecule has 0 radical (unpaired) electrons. The number of carbonyl (C=O) groups is 9. The van der Waals surface area contributed by atoms with Gasteiger partial charge in [-0.1, -0.05) is 33.1 Å². The normalized spacial score (nSPS) is 19.1. The average molecular weight is 1060 g/mol. The van der Waals surface area contributed by atoms with E-state index < -0.39 is 6.04 Å². The Hall–Kier alpha value is -4.78. The van der Waals surface area contributed by atoms with Crippen molar-refractivity contribution in [3.8, 4) is 0 Å². The second-order valence-electron chi connectivity index (χ2n) is 19.2. The summed E-state index contributed by atoms with van der Waals surface area (Å²) in [6, 6.07) is -0.890. The number of fused-ring (bicyclic) bond motifs is 1. The van der Waals surface area contributed by atoms with Crippen LogP contribution in [0.2, 0.25) is 0 Å². The Morgan fingerprint density at radius 2 is 1.03 bits per heavy atom. The number of hydrogen-bond donors (Lipinski definition) is 10. The van der Waals surface area contributed by atoms with Crippen LogP contribution in [0.1, 0.15) is 130 Å². The molecule has 0 aromatic heterocycles. The molecule has 418 valence electrons. The van der Waals surface area contributed by atoms with Gasteiger partial charge in [-0.2, -0.15) is 11.8 Å². The molecule has 24 heteroatoms. The van der Waals surface area contributed by atoms with E-state index >= 15 is 0 Å². The predicted octanol–water partition coefficient (Wildman–Crippen LogP) is 0.549. The fourth-order valence-electron chi connectivity index (χ4n) is 8.05. The third-order valence-corrected chi connectivity index (χ3v) is 14.9. The summed E-state index contributed by atoms with van der Waals surface area (Å²) in [5.74, 6) is -1.72. The highest BCUT2D eigenvalue weighted by atomic mass is 32.2. The molecule has 6 atom stereocenters. The summed E-state index contributed by atoms with van der Waals surface area (Å²) in [6.45, 7) is 10.7. The average Bonchev–Trinajstić information content (AvgIpc) is 3.72. The Morgan fingerprint density at radius 1 is 0.562 bits per heavy atom. The van der Waals surface area contributed by atoms with E-state index in [0.717, 1.165) is 37.9 Å². The highest BCUT2D eigenvalue weighted by molar-refractivity contribution is 8.00. The monoisotopic (exact) mass is 1060 g/mol. The molecule has 2 fully saturated rings. The Labute approximate surface area is 435 Å². The van der Waals surface area contributed by atoms with Gasteiger partial charge in [0.2, 0.25) is 47.3 Å². The van der Waals surface area contributed by atoms with E-state index in [2.05, 4.69) is 56.4 Å². The maximum Gasteiger partial charge on any atom is 0.315 e. The molecule has 0 aliphatic carbocycles. The summed E-state index contributed by atoms with van der Waals surface area (Å²) in [5, 5.41) is 23.2. The Bertz CT molecular complexity index is 1730. The predicted molar refractivity (Wildman–Crippen MR) is 276 cm³/mol. The lowest BCUT2D eigenvalue weighted by molar-refractivity contribution is -0.129. The van der Waals surface area contributed by atoms with Crippen LogP contribution < -0.4 is 54.0 Å². The van der Waals surface area contributed by atoms with Crippen LogP contribution in [-0.4, -0.2) is 167 Å². The summed E-state index contributed by atoms with van der Waals surface area (Å²) in [6.07, 6.45) is 9.02. The van der Waals surface area contributed by atoms with Gasteiger partial charge in [-0.05, 0) is 78.1 Å². The van der Waals surface area contributed by atoms with Gasteiger partial charge in [0.15, 0.2) is 0 Å². The first-order valence-corrected chi connectivity index (χ1v) is 27.2. The second-order valence-corrected chi connectivity index (χ2v) is 20.4. The molecule has 0 bridgehead atoms. The van der Waals surface area contributed by atoms with Gasteiger partial charge in [0.25, 0.3) is 0 Å². The molecular weight excluding hydrogens is 969 g/mol. The molecule has 0 saturated carbocycles. The fourth-order valence-corrected chi connectivity index (χ4v) is 9.94. The quantitative estimate of drug-likeness (QED) is 0.0295. The number of unbranched alkanes of at least 4 members (excludes halogenated alkanes) is 4. The number of carbonyl (C=O) groups excluding carboxylic acids is 9. The standard InChI is InChI=1S/C49H88N10O13S/c1-35(44(50)65)14-7-10-22-53-42(63)32-71-30-29-70-27-25-55-43(64)33-72-31-28-69-26-24-54-40(61)20-13-19-39(60)52-21-12-9-16-37(46(67)56-23-11-8-15-36(2)45(51)66)57-41(62)18-6-5-17-38-49(4)48(3,34-73-38)58-47(68)59-49/h35-38H,5-34H2,1-4H3,(H2,50,65)(H2,51,66)(H,52,60)(H,53,63)(H,54,61)(H,55,64)(H,56,67)(H,57,62)(H2,58,59,68)/t35-,36-,37-,38-,48-,49+/m0/s1. The summed E-state index contributed by atoms with van der Waals surface area (Å²) in [5.41, 5.74) is 9.91. The first kappa shape index (κ1) is 64.3. The zero-order valence-electron chi connectivity index (χ0n) is 43.9. The lowest BCUT2D eigenvalue weighted by Gasteiger charge is -2.35. The molecule has 2 aliphatic heterocycles. The minimum atomic E-state index is -0.741. The zero-order valence-corrected chi connectivity index (χ0v) is 44.7. The number of nitrogens with one attached hydrogen (secondary N) is 8. The maximum atomic E-state index is 13.2. The zero-order chi connectivity index (χ0) is 53.9. The summed E-state index contributed by atoms with van der Waals surface area (Å²) < 4.78 is 21.4. The number of nitrogens with two attached hydrogens (primary N) is 2. The molecule has 2 heterocycles. The van der Waals surface area contributed by atoms with Crippen LogP contribution in [0.3, 0.4) is 0 Å². The van der Waals surface area contributed by atoms with E-state index in [1.807, 2.05) is 11.8 Å². The molecule has 10 amide bonds. The van der Waals surface area contributed by atoms with Crippen molar-refractivity contribution in [3.63, 3.8) is 0 Å². The number of thioether (sulfide) groups is 1. The molecule has 0 spiro atoms. The third kappa shape index (κ3) is 27.9. The SMILES string of the molecule is C[C@@H](CCCCNC(=O)COCCOCCNC(=O)COCCOCCNC(=O)CCCC(=O)NCCCC[C@H](NC(=O)CCCC[C@@H]1SC[C@]2(C)NC(=O)N[C@]12C)C(=O)NCCCC[C@H](C)C(N)=O)C(N)=O. The fraction of sp³-hybridized carbons (Fsp3) is 0.816. The molecule has 23 nitrogen and oxygen atoms in total. The van der Waals surface area contributed by atoms with Crippen LogP contribution in [0.5, 0.6) is 0 Å². The van der Waals surface area contributed by atoms with E-state index in [1.165, 1.54) is 0 Å². The third-order valence-electron chi connectivity index (χ3n) is 13.0. The van der Waals surface area contributed by atoms with Crippen molar-refractivity contribution in [2.45, 2.75) is 153 Å². The molecule has 2 aliphatic rings. The Kier molecular flexibility index (Phi) is 32.6. The maximum absolute atomic E-state index is 13.2. The van der Waals surface area contributed by atoms with Gasteiger partial charge in [0.1, 0.15) is 19.3 Å². The van der Waals surface area contributed by atoms with Crippen LogP contribution in [0.25, 0.3) is 0 Å². The lowest BCUT2D eigenvalue weighted by Crippen LogP contribution is -2.58. The van der Waals surface area contributed by atoms with Gasteiger partial charge in [-0.25, -0.2) is 4.79 Å². The van der Waals surface area contributed by atoms with Gasteiger partial charge >= 0.3 is 6.03 Å². The van der Waals surface area contributed by atoms with E-state index in [9.17, 15) is 43.2 Å². The van der Waals surface area contributed by atoms with Gasteiger partial charge in [-0.3, -0.25) is 38.4 Å². The molecule has 2 rings (SSSR count). The first-order chi connectivity index (χ1) is 34.9.